The number of hydrogen-bond donors (Lipinski definition) is 0. The minimum atomic E-state index is -0.463. The molecule has 0 N–H and O–H groups in total. The quantitative estimate of drug-likeness (QED) is 0.498. The maximum atomic E-state index is 12.8. The second-order valence-corrected chi connectivity index (χ2v) is 7.37. The first-order valence-corrected chi connectivity index (χ1v) is 9.53. The van der Waals surface area contributed by atoms with E-state index in [1.54, 1.807) is 12.3 Å². The third-order valence-electron chi connectivity index (χ3n) is 5.51. The van der Waals surface area contributed by atoms with E-state index in [2.05, 4.69) is 18.0 Å². The third kappa shape index (κ3) is 3.78. The van der Waals surface area contributed by atoms with E-state index in [1.165, 1.54) is 23.4 Å². The number of nitro groups is 1. The van der Waals surface area contributed by atoms with Crippen LogP contribution in [-0.4, -0.2) is 46.9 Å². The Balaban J connectivity index is 1.39. The zero-order chi connectivity index (χ0) is 20.5. The van der Waals surface area contributed by atoms with Crippen molar-refractivity contribution < 1.29 is 14.1 Å². The fourth-order valence-corrected chi connectivity index (χ4v) is 3.61. The summed E-state index contributed by atoms with van der Waals surface area (Å²) < 4.78 is 5.64. The number of piperazine rings is 1. The number of rotatable bonds is 4. The molecule has 0 saturated carbocycles. The van der Waals surface area contributed by atoms with Crippen LogP contribution in [0.2, 0.25) is 0 Å². The van der Waals surface area contributed by atoms with E-state index < -0.39 is 4.92 Å². The van der Waals surface area contributed by atoms with Gasteiger partial charge in [0.1, 0.15) is 17.6 Å². The van der Waals surface area contributed by atoms with Crippen LogP contribution in [0.3, 0.4) is 0 Å². The number of carbonyl (C=O) groups is 1. The van der Waals surface area contributed by atoms with Crippen LogP contribution in [0.5, 0.6) is 0 Å². The van der Waals surface area contributed by atoms with Crippen molar-refractivity contribution in [1.29, 1.82) is 0 Å². The van der Waals surface area contributed by atoms with Gasteiger partial charge in [-0.3, -0.25) is 14.9 Å². The average Bonchev–Trinajstić information content (AvgIpc) is 3.10. The van der Waals surface area contributed by atoms with Crippen molar-refractivity contribution >= 4 is 28.4 Å². The van der Waals surface area contributed by atoms with E-state index in [4.69, 9.17) is 4.42 Å². The van der Waals surface area contributed by atoms with Crippen LogP contribution in [-0.2, 0) is 11.2 Å². The standard InChI is InChI=1S/C21H22N4O4/c1-14-9-18-16(13-29-19(18)10-15(14)2)11-21(26)24-7-5-23(6-8-24)20-4-3-17(12-22-20)25(27)28/h3-4,9-10,12-13H,5-8,11H2,1-2H3. The molecule has 150 valence electrons. The molecule has 0 bridgehead atoms. The Morgan fingerprint density at radius 2 is 1.90 bits per heavy atom. The number of pyridine rings is 1. The van der Waals surface area contributed by atoms with E-state index >= 15 is 0 Å². The normalized spacial score (nSPS) is 14.4. The van der Waals surface area contributed by atoms with Gasteiger partial charge >= 0.3 is 0 Å². The average molecular weight is 394 g/mol. The van der Waals surface area contributed by atoms with E-state index in [1.807, 2.05) is 22.8 Å². The van der Waals surface area contributed by atoms with Gasteiger partial charge in [0, 0.05) is 43.2 Å². The first-order valence-electron chi connectivity index (χ1n) is 9.53. The number of furan rings is 1. The molecule has 29 heavy (non-hydrogen) atoms. The predicted molar refractivity (Wildman–Crippen MR) is 109 cm³/mol. The number of nitrogens with zero attached hydrogens (tertiary/aromatic N) is 4. The van der Waals surface area contributed by atoms with E-state index in [9.17, 15) is 14.9 Å². The van der Waals surface area contributed by atoms with Crippen LogP contribution in [0.25, 0.3) is 11.0 Å². The summed E-state index contributed by atoms with van der Waals surface area (Å²) in [5, 5.41) is 11.8. The number of hydrogen-bond acceptors (Lipinski definition) is 6. The van der Waals surface area contributed by atoms with Gasteiger partial charge < -0.3 is 14.2 Å². The molecule has 1 aliphatic rings. The summed E-state index contributed by atoms with van der Waals surface area (Å²) in [5.74, 6) is 0.761. The number of amides is 1. The van der Waals surface area contributed by atoms with Crippen LogP contribution in [0.1, 0.15) is 16.7 Å². The molecule has 8 nitrogen and oxygen atoms in total. The van der Waals surface area contributed by atoms with E-state index in [0.29, 0.717) is 38.4 Å². The van der Waals surface area contributed by atoms with Crippen molar-refractivity contribution in [3.8, 4) is 0 Å². The third-order valence-corrected chi connectivity index (χ3v) is 5.51. The lowest BCUT2D eigenvalue weighted by Gasteiger charge is -2.35. The monoisotopic (exact) mass is 394 g/mol. The van der Waals surface area contributed by atoms with Crippen LogP contribution in [0.15, 0.2) is 41.1 Å². The highest BCUT2D eigenvalue weighted by molar-refractivity contribution is 5.88. The van der Waals surface area contributed by atoms with Gasteiger partial charge in [0.05, 0.1) is 17.6 Å². The Kier molecular flexibility index (Phi) is 4.92. The summed E-state index contributed by atoms with van der Waals surface area (Å²) in [6.45, 7) is 6.55. The Morgan fingerprint density at radius 1 is 1.17 bits per heavy atom. The van der Waals surface area contributed by atoms with Gasteiger partial charge in [0.2, 0.25) is 5.91 Å². The van der Waals surface area contributed by atoms with Gasteiger partial charge in [-0.2, -0.15) is 0 Å². The van der Waals surface area contributed by atoms with Crippen molar-refractivity contribution in [2.75, 3.05) is 31.1 Å². The number of carbonyl (C=O) groups excluding carboxylic acids is 1. The van der Waals surface area contributed by atoms with Crippen LogP contribution < -0.4 is 4.90 Å². The topological polar surface area (TPSA) is 92.7 Å². The Bertz CT molecular complexity index is 1070. The summed E-state index contributed by atoms with van der Waals surface area (Å²) in [7, 11) is 0. The van der Waals surface area contributed by atoms with Gasteiger partial charge in [-0.25, -0.2) is 4.98 Å². The van der Waals surface area contributed by atoms with Crippen LogP contribution >= 0.6 is 0 Å². The van der Waals surface area contributed by atoms with Gasteiger partial charge in [0.15, 0.2) is 0 Å². The molecule has 0 aliphatic carbocycles. The number of aryl methyl sites for hydroxylation is 2. The largest absolute Gasteiger partial charge is 0.464 e. The molecule has 1 aliphatic heterocycles. The number of fused-ring (bicyclic) bond motifs is 1. The van der Waals surface area contributed by atoms with Gasteiger partial charge in [-0.1, -0.05) is 0 Å². The summed E-state index contributed by atoms with van der Waals surface area (Å²) in [6.07, 6.45) is 3.25. The molecule has 0 unspecified atom stereocenters. The minimum absolute atomic E-state index is 0.0275. The van der Waals surface area contributed by atoms with E-state index in [0.717, 1.165) is 16.5 Å². The molecular weight excluding hydrogens is 372 g/mol. The molecule has 4 rings (SSSR count). The summed E-state index contributed by atoms with van der Waals surface area (Å²) in [5.41, 5.74) is 4.04. The molecule has 2 aromatic heterocycles. The number of benzene rings is 1. The van der Waals surface area contributed by atoms with Crippen molar-refractivity contribution in [3.05, 3.63) is 63.5 Å². The fraction of sp³-hybridized carbons (Fsp3) is 0.333. The molecule has 0 spiro atoms. The number of aromatic nitrogens is 1. The summed E-state index contributed by atoms with van der Waals surface area (Å²) in [4.78, 5) is 31.1. The van der Waals surface area contributed by atoms with E-state index in [-0.39, 0.29) is 11.6 Å². The van der Waals surface area contributed by atoms with Crippen molar-refractivity contribution in [2.45, 2.75) is 20.3 Å². The summed E-state index contributed by atoms with van der Waals surface area (Å²) >= 11 is 0. The highest BCUT2D eigenvalue weighted by atomic mass is 16.6. The van der Waals surface area contributed by atoms with Crippen molar-refractivity contribution in [3.63, 3.8) is 0 Å². The Morgan fingerprint density at radius 3 is 2.55 bits per heavy atom. The van der Waals surface area contributed by atoms with Crippen molar-refractivity contribution in [2.24, 2.45) is 0 Å². The molecule has 1 saturated heterocycles. The zero-order valence-electron chi connectivity index (χ0n) is 16.4. The van der Waals surface area contributed by atoms with Crippen LogP contribution in [0, 0.1) is 24.0 Å². The predicted octanol–water partition coefficient (Wildman–Crippen LogP) is 3.24. The zero-order valence-corrected chi connectivity index (χ0v) is 16.4. The SMILES string of the molecule is Cc1cc2occ(CC(=O)N3CCN(c4ccc([N+](=O)[O-])cn4)CC3)c2cc1C. The first-order chi connectivity index (χ1) is 13.9. The highest BCUT2D eigenvalue weighted by Crippen LogP contribution is 2.26. The molecule has 0 radical (unpaired) electrons. The lowest BCUT2D eigenvalue weighted by atomic mass is 10.0. The minimum Gasteiger partial charge on any atom is -0.464 e. The van der Waals surface area contributed by atoms with Crippen molar-refractivity contribution in [1.82, 2.24) is 9.88 Å². The molecule has 1 fully saturated rings. The molecule has 3 aromatic rings. The second-order valence-electron chi connectivity index (χ2n) is 7.37. The first kappa shape index (κ1) is 18.9. The molecule has 1 amide bonds. The Labute approximate surface area is 167 Å². The van der Waals surface area contributed by atoms with Gasteiger partial charge in [-0.05, 0) is 43.2 Å². The fourth-order valence-electron chi connectivity index (χ4n) is 3.61. The number of anilines is 1. The summed E-state index contributed by atoms with van der Waals surface area (Å²) in [6, 6.07) is 7.19. The smallest absolute Gasteiger partial charge is 0.287 e. The van der Waals surface area contributed by atoms with Crippen LogP contribution in [0.4, 0.5) is 11.5 Å². The lowest BCUT2D eigenvalue weighted by molar-refractivity contribution is -0.385. The maximum absolute atomic E-state index is 12.8. The lowest BCUT2D eigenvalue weighted by Crippen LogP contribution is -2.49. The molecule has 0 atom stereocenters. The van der Waals surface area contributed by atoms with Gasteiger partial charge in [-0.15, -0.1) is 0 Å². The van der Waals surface area contributed by atoms with Gasteiger partial charge in [0.25, 0.3) is 5.69 Å². The second kappa shape index (κ2) is 7.54. The highest BCUT2D eigenvalue weighted by Gasteiger charge is 2.23. The molecule has 3 heterocycles. The molecular formula is C21H22N4O4. The Hall–Kier alpha value is -3.42. The molecule has 1 aromatic carbocycles. The maximum Gasteiger partial charge on any atom is 0.287 e. The molecule has 8 heteroatoms.